The van der Waals surface area contributed by atoms with E-state index in [9.17, 15) is 8.42 Å². The number of benzene rings is 1. The van der Waals surface area contributed by atoms with Crippen molar-refractivity contribution < 1.29 is 8.42 Å². The second-order valence-corrected chi connectivity index (χ2v) is 6.38. The average Bonchev–Trinajstić information content (AvgIpc) is 2.42. The van der Waals surface area contributed by atoms with Gasteiger partial charge < -0.3 is 5.32 Å². The van der Waals surface area contributed by atoms with E-state index in [4.69, 9.17) is 23.2 Å². The molecule has 2 rings (SSSR count). The Morgan fingerprint density at radius 1 is 1.15 bits per heavy atom. The minimum absolute atomic E-state index is 0.0860. The van der Waals surface area contributed by atoms with Crippen LogP contribution in [0.2, 0.25) is 10.0 Å². The minimum atomic E-state index is -3.74. The molecule has 0 amide bonds. The zero-order valence-electron chi connectivity index (χ0n) is 10.4. The molecule has 0 aliphatic rings. The summed E-state index contributed by atoms with van der Waals surface area (Å²) in [5.41, 5.74) is 0.263. The van der Waals surface area contributed by atoms with E-state index >= 15 is 0 Å². The number of hydrogen-bond acceptors (Lipinski definition) is 4. The van der Waals surface area contributed by atoms with Crippen LogP contribution in [0.5, 0.6) is 0 Å². The molecule has 0 saturated carbocycles. The Morgan fingerprint density at radius 3 is 2.55 bits per heavy atom. The van der Waals surface area contributed by atoms with Crippen LogP contribution in [0.4, 0.5) is 11.5 Å². The first-order chi connectivity index (χ1) is 9.42. The van der Waals surface area contributed by atoms with Crippen LogP contribution in [-0.4, -0.2) is 20.4 Å². The average molecular weight is 332 g/mol. The van der Waals surface area contributed by atoms with Crippen molar-refractivity contribution in [3.05, 3.63) is 46.6 Å². The molecular weight excluding hydrogens is 321 g/mol. The van der Waals surface area contributed by atoms with Gasteiger partial charge in [-0.1, -0.05) is 23.2 Å². The van der Waals surface area contributed by atoms with Gasteiger partial charge in [0.1, 0.15) is 5.82 Å². The van der Waals surface area contributed by atoms with Crippen molar-refractivity contribution in [1.29, 1.82) is 0 Å². The van der Waals surface area contributed by atoms with Crippen LogP contribution in [0.3, 0.4) is 0 Å². The molecule has 106 valence electrons. The Kier molecular flexibility index (Phi) is 4.37. The van der Waals surface area contributed by atoms with Gasteiger partial charge in [-0.05, 0) is 24.3 Å². The van der Waals surface area contributed by atoms with E-state index in [1.165, 1.54) is 30.5 Å². The third kappa shape index (κ3) is 3.33. The third-order valence-electron chi connectivity index (χ3n) is 2.47. The van der Waals surface area contributed by atoms with E-state index in [1.54, 1.807) is 13.1 Å². The highest BCUT2D eigenvalue weighted by molar-refractivity contribution is 7.92. The molecule has 2 aromatic rings. The summed E-state index contributed by atoms with van der Waals surface area (Å²) in [6, 6.07) is 7.34. The van der Waals surface area contributed by atoms with Crippen LogP contribution >= 0.6 is 23.2 Å². The van der Waals surface area contributed by atoms with Crippen molar-refractivity contribution in [2.24, 2.45) is 0 Å². The maximum Gasteiger partial charge on any atom is 0.262 e. The standard InChI is InChI=1S/C12H11Cl2N3O2S/c1-15-12-7-9(4-5-16-12)20(18,19)17-11-3-2-8(13)6-10(11)14/h2-7,17H,1H3,(H,15,16). The topological polar surface area (TPSA) is 71.1 Å². The van der Waals surface area contributed by atoms with Gasteiger partial charge in [0, 0.05) is 24.3 Å². The molecule has 1 aromatic heterocycles. The number of rotatable bonds is 4. The highest BCUT2D eigenvalue weighted by Crippen LogP contribution is 2.27. The molecule has 0 spiro atoms. The molecule has 0 atom stereocenters. The van der Waals surface area contributed by atoms with Gasteiger partial charge in [0.25, 0.3) is 10.0 Å². The second kappa shape index (κ2) is 5.87. The molecule has 0 bridgehead atoms. The van der Waals surface area contributed by atoms with E-state index in [1.807, 2.05) is 0 Å². The Morgan fingerprint density at radius 2 is 1.90 bits per heavy atom. The normalized spacial score (nSPS) is 11.2. The van der Waals surface area contributed by atoms with E-state index < -0.39 is 10.0 Å². The number of sulfonamides is 1. The highest BCUT2D eigenvalue weighted by Gasteiger charge is 2.16. The number of pyridine rings is 1. The van der Waals surface area contributed by atoms with Crippen molar-refractivity contribution in [3.63, 3.8) is 0 Å². The minimum Gasteiger partial charge on any atom is -0.373 e. The Bertz CT molecular complexity index is 735. The summed E-state index contributed by atoms with van der Waals surface area (Å²) in [5.74, 6) is 0.454. The van der Waals surface area contributed by atoms with Crippen LogP contribution < -0.4 is 10.0 Å². The smallest absolute Gasteiger partial charge is 0.262 e. The number of hydrogen-bond donors (Lipinski definition) is 2. The lowest BCUT2D eigenvalue weighted by atomic mass is 10.3. The molecule has 0 aliphatic carbocycles. The molecule has 1 heterocycles. The molecule has 1 aromatic carbocycles. The monoisotopic (exact) mass is 331 g/mol. The molecule has 0 fully saturated rings. The second-order valence-electron chi connectivity index (χ2n) is 3.86. The highest BCUT2D eigenvalue weighted by atomic mass is 35.5. The molecule has 0 radical (unpaired) electrons. The largest absolute Gasteiger partial charge is 0.373 e. The maximum atomic E-state index is 12.2. The first kappa shape index (κ1) is 14.9. The number of aromatic nitrogens is 1. The van der Waals surface area contributed by atoms with Gasteiger partial charge in [0.05, 0.1) is 15.6 Å². The van der Waals surface area contributed by atoms with Crippen molar-refractivity contribution >= 4 is 44.7 Å². The van der Waals surface area contributed by atoms with Crippen LogP contribution in [0.1, 0.15) is 0 Å². The van der Waals surface area contributed by atoms with Crippen molar-refractivity contribution in [2.45, 2.75) is 4.90 Å². The summed E-state index contributed by atoms with van der Waals surface area (Å²) in [7, 11) is -2.08. The maximum absolute atomic E-state index is 12.2. The first-order valence-corrected chi connectivity index (χ1v) is 7.78. The number of nitrogens with one attached hydrogen (secondary N) is 2. The summed E-state index contributed by atoms with van der Waals surface area (Å²) in [6.07, 6.45) is 1.41. The zero-order valence-corrected chi connectivity index (χ0v) is 12.7. The summed E-state index contributed by atoms with van der Waals surface area (Å²) in [4.78, 5) is 4.05. The molecule has 0 saturated heterocycles. The van der Waals surface area contributed by atoms with Gasteiger partial charge in [-0.3, -0.25) is 4.72 Å². The Hall–Kier alpha value is -1.50. The van der Waals surface area contributed by atoms with Crippen LogP contribution in [-0.2, 0) is 10.0 Å². The first-order valence-electron chi connectivity index (χ1n) is 5.54. The van der Waals surface area contributed by atoms with Crippen molar-refractivity contribution in [1.82, 2.24) is 4.98 Å². The molecule has 20 heavy (non-hydrogen) atoms. The summed E-state index contributed by atoms with van der Waals surface area (Å²) >= 11 is 11.7. The third-order valence-corrected chi connectivity index (χ3v) is 4.38. The zero-order chi connectivity index (χ0) is 14.8. The fraction of sp³-hybridized carbons (Fsp3) is 0.0833. The summed E-state index contributed by atoms with van der Waals surface area (Å²) < 4.78 is 26.9. The molecular formula is C12H11Cl2N3O2S. The van der Waals surface area contributed by atoms with Gasteiger partial charge in [-0.25, -0.2) is 13.4 Å². The van der Waals surface area contributed by atoms with Crippen LogP contribution in [0.25, 0.3) is 0 Å². The van der Waals surface area contributed by atoms with E-state index in [0.29, 0.717) is 10.8 Å². The molecule has 2 N–H and O–H groups in total. The SMILES string of the molecule is CNc1cc(S(=O)(=O)Nc2ccc(Cl)cc2Cl)ccn1. The lowest BCUT2D eigenvalue weighted by Crippen LogP contribution is -2.13. The Balaban J connectivity index is 2.35. The number of anilines is 2. The van der Waals surface area contributed by atoms with Crippen LogP contribution in [0.15, 0.2) is 41.4 Å². The van der Waals surface area contributed by atoms with Crippen LogP contribution in [0, 0.1) is 0 Å². The van der Waals surface area contributed by atoms with E-state index in [-0.39, 0.29) is 15.6 Å². The van der Waals surface area contributed by atoms with Gasteiger partial charge in [-0.15, -0.1) is 0 Å². The van der Waals surface area contributed by atoms with Crippen molar-refractivity contribution in [2.75, 3.05) is 17.1 Å². The summed E-state index contributed by atoms with van der Waals surface area (Å²) in [5, 5.41) is 3.43. The van der Waals surface area contributed by atoms with Crippen molar-refractivity contribution in [3.8, 4) is 0 Å². The predicted molar refractivity (Wildman–Crippen MR) is 81.1 cm³/mol. The van der Waals surface area contributed by atoms with Gasteiger partial charge in [0.2, 0.25) is 0 Å². The molecule has 0 unspecified atom stereocenters. The molecule has 8 heteroatoms. The number of nitrogens with zero attached hydrogens (tertiary/aromatic N) is 1. The van der Waals surface area contributed by atoms with E-state index in [0.717, 1.165) is 0 Å². The number of halogens is 2. The molecule has 5 nitrogen and oxygen atoms in total. The van der Waals surface area contributed by atoms with Gasteiger partial charge in [0.15, 0.2) is 0 Å². The molecule has 0 aliphatic heterocycles. The summed E-state index contributed by atoms with van der Waals surface area (Å²) in [6.45, 7) is 0. The van der Waals surface area contributed by atoms with Gasteiger partial charge >= 0.3 is 0 Å². The lowest BCUT2D eigenvalue weighted by molar-refractivity contribution is 0.601. The Labute approximate surface area is 127 Å². The quantitative estimate of drug-likeness (QED) is 0.902. The fourth-order valence-corrected chi connectivity index (χ4v) is 3.09. The van der Waals surface area contributed by atoms with Gasteiger partial charge in [-0.2, -0.15) is 0 Å². The predicted octanol–water partition coefficient (Wildman–Crippen LogP) is 3.23. The lowest BCUT2D eigenvalue weighted by Gasteiger charge is -2.10. The fourth-order valence-electron chi connectivity index (χ4n) is 1.49. The van der Waals surface area contributed by atoms with E-state index in [2.05, 4.69) is 15.0 Å².